The van der Waals surface area contributed by atoms with E-state index in [0.717, 1.165) is 24.8 Å². The number of benzene rings is 1. The second kappa shape index (κ2) is 5.46. The summed E-state index contributed by atoms with van der Waals surface area (Å²) in [5, 5.41) is 12.9. The number of carboxylic acid groups (broad SMARTS) is 1. The van der Waals surface area contributed by atoms with Gasteiger partial charge in [0, 0.05) is 12.6 Å². The highest BCUT2D eigenvalue weighted by Gasteiger charge is 2.61. The van der Waals surface area contributed by atoms with Crippen LogP contribution >= 0.6 is 0 Å². The van der Waals surface area contributed by atoms with Gasteiger partial charge in [0.1, 0.15) is 5.82 Å². The molecule has 4 bridgehead atoms. The summed E-state index contributed by atoms with van der Waals surface area (Å²) in [6.07, 6.45) is 4.21. The number of carbonyl (C=O) groups is 2. The van der Waals surface area contributed by atoms with Crippen LogP contribution in [-0.4, -0.2) is 34.6 Å². The molecule has 4 aliphatic carbocycles. The lowest BCUT2D eigenvalue weighted by Gasteiger charge is -2.59. The number of carboxylic acids is 1. The van der Waals surface area contributed by atoms with Gasteiger partial charge < -0.3 is 15.3 Å². The smallest absolute Gasteiger partial charge is 0.318 e. The van der Waals surface area contributed by atoms with Crippen LogP contribution in [0.15, 0.2) is 24.3 Å². The molecule has 5 aliphatic rings. The van der Waals surface area contributed by atoms with E-state index in [0.29, 0.717) is 25.3 Å². The average Bonchev–Trinajstić information content (AvgIpc) is 2.90. The number of nitrogens with zero attached hydrogens (tertiary/aromatic N) is 1. The zero-order chi connectivity index (χ0) is 19.0. The minimum atomic E-state index is -0.657. The number of halogens is 1. The molecular weight excluding hydrogens is 347 g/mol. The van der Waals surface area contributed by atoms with Crippen LogP contribution in [0.25, 0.3) is 0 Å². The van der Waals surface area contributed by atoms with E-state index in [-0.39, 0.29) is 29.7 Å². The number of urea groups is 1. The van der Waals surface area contributed by atoms with Crippen molar-refractivity contribution in [3.05, 3.63) is 35.6 Å². The Morgan fingerprint density at radius 3 is 2.59 bits per heavy atom. The fraction of sp³-hybridized carbons (Fsp3) is 0.619. The summed E-state index contributed by atoms with van der Waals surface area (Å²) in [5.74, 6) is 0.0336. The summed E-state index contributed by atoms with van der Waals surface area (Å²) >= 11 is 0. The quantitative estimate of drug-likeness (QED) is 0.855. The summed E-state index contributed by atoms with van der Waals surface area (Å²) in [7, 11) is 0. The van der Waals surface area contributed by atoms with E-state index in [9.17, 15) is 19.1 Å². The summed E-state index contributed by atoms with van der Waals surface area (Å²) in [5.41, 5.74) is -0.433. The number of nitrogens with one attached hydrogen (secondary N) is 1. The molecular formula is C21H25FN2O3. The van der Waals surface area contributed by atoms with Crippen LogP contribution in [0.3, 0.4) is 0 Å². The van der Waals surface area contributed by atoms with Gasteiger partial charge in [-0.25, -0.2) is 9.18 Å². The van der Waals surface area contributed by atoms with E-state index in [1.165, 1.54) is 12.1 Å². The van der Waals surface area contributed by atoms with Crippen LogP contribution in [0, 0.1) is 29.0 Å². The highest BCUT2D eigenvalue weighted by molar-refractivity contribution is 5.79. The lowest BCUT2D eigenvalue weighted by Crippen LogP contribution is -2.61. The van der Waals surface area contributed by atoms with Crippen LogP contribution in [-0.2, 0) is 10.3 Å². The van der Waals surface area contributed by atoms with Gasteiger partial charge in [-0.3, -0.25) is 4.79 Å². The van der Waals surface area contributed by atoms with Crippen molar-refractivity contribution < 1.29 is 19.1 Å². The van der Waals surface area contributed by atoms with E-state index in [2.05, 4.69) is 5.32 Å². The van der Waals surface area contributed by atoms with Crippen molar-refractivity contribution in [1.82, 2.24) is 10.2 Å². The molecule has 2 N–H and O–H groups in total. The van der Waals surface area contributed by atoms with Crippen LogP contribution in [0.5, 0.6) is 0 Å². The first-order chi connectivity index (χ1) is 12.8. The highest BCUT2D eigenvalue weighted by atomic mass is 19.1. The summed E-state index contributed by atoms with van der Waals surface area (Å²) in [6, 6.07) is 6.41. The van der Waals surface area contributed by atoms with Gasteiger partial charge >= 0.3 is 12.0 Å². The molecule has 144 valence electrons. The van der Waals surface area contributed by atoms with Crippen LogP contribution < -0.4 is 5.32 Å². The number of amides is 2. The average molecular weight is 372 g/mol. The van der Waals surface area contributed by atoms with Crippen molar-refractivity contribution in [3.63, 3.8) is 0 Å². The van der Waals surface area contributed by atoms with Gasteiger partial charge in [0.05, 0.1) is 11.0 Å². The predicted molar refractivity (Wildman–Crippen MR) is 96.4 cm³/mol. The molecule has 0 aromatic heterocycles. The Kier molecular flexibility index (Phi) is 3.44. The van der Waals surface area contributed by atoms with E-state index in [1.54, 1.807) is 6.07 Å². The first kappa shape index (κ1) is 17.0. The highest BCUT2D eigenvalue weighted by Crippen LogP contribution is 2.61. The first-order valence-electron chi connectivity index (χ1n) is 9.88. The molecule has 1 saturated heterocycles. The molecule has 0 spiro atoms. The number of carbonyl (C=O) groups excluding carboxylic acids is 1. The first-order valence-corrected chi connectivity index (χ1v) is 9.88. The zero-order valence-corrected chi connectivity index (χ0v) is 15.5. The molecule has 2 unspecified atom stereocenters. The van der Waals surface area contributed by atoms with Crippen LogP contribution in [0.4, 0.5) is 9.18 Å². The normalized spacial score (nSPS) is 42.4. The van der Waals surface area contributed by atoms with Crippen molar-refractivity contribution in [2.75, 3.05) is 6.54 Å². The lowest BCUT2D eigenvalue weighted by atomic mass is 9.47. The van der Waals surface area contributed by atoms with E-state index in [1.807, 2.05) is 17.9 Å². The SMILES string of the molecule is C[C@]1(c2cccc(F)c2)CN(C2C3CC4CC2CC(C(=O)O)(C4)C3)C(=O)N1. The molecule has 4 saturated carbocycles. The van der Waals surface area contributed by atoms with Gasteiger partial charge in [-0.1, -0.05) is 12.1 Å². The van der Waals surface area contributed by atoms with Gasteiger partial charge in [0.2, 0.25) is 0 Å². The minimum absolute atomic E-state index is 0.101. The summed E-state index contributed by atoms with van der Waals surface area (Å²) in [4.78, 5) is 26.8. The molecule has 1 aromatic carbocycles. The van der Waals surface area contributed by atoms with Crippen LogP contribution in [0.2, 0.25) is 0 Å². The molecule has 6 heteroatoms. The second-order valence-corrected chi connectivity index (χ2v) is 9.45. The molecule has 1 aliphatic heterocycles. The maximum Gasteiger partial charge on any atom is 0.318 e. The monoisotopic (exact) mass is 372 g/mol. The fourth-order valence-electron chi connectivity index (χ4n) is 6.76. The van der Waals surface area contributed by atoms with Gasteiger partial charge in [-0.2, -0.15) is 0 Å². The zero-order valence-electron chi connectivity index (χ0n) is 15.5. The Morgan fingerprint density at radius 2 is 1.96 bits per heavy atom. The molecule has 5 nitrogen and oxygen atoms in total. The molecule has 1 heterocycles. The van der Waals surface area contributed by atoms with Gasteiger partial charge in [-0.05, 0) is 74.5 Å². The minimum Gasteiger partial charge on any atom is -0.481 e. The maximum atomic E-state index is 13.7. The van der Waals surface area contributed by atoms with Gasteiger partial charge in [-0.15, -0.1) is 0 Å². The van der Waals surface area contributed by atoms with Gasteiger partial charge in [0.15, 0.2) is 0 Å². The largest absolute Gasteiger partial charge is 0.481 e. The predicted octanol–water partition coefficient (Wildman–Crippen LogP) is 3.35. The van der Waals surface area contributed by atoms with Gasteiger partial charge in [0.25, 0.3) is 0 Å². The Bertz CT molecular complexity index is 811. The molecule has 0 radical (unpaired) electrons. The Morgan fingerprint density at radius 1 is 1.26 bits per heavy atom. The van der Waals surface area contributed by atoms with Crippen molar-refractivity contribution in [2.24, 2.45) is 23.2 Å². The van der Waals surface area contributed by atoms with Crippen molar-refractivity contribution >= 4 is 12.0 Å². The van der Waals surface area contributed by atoms with E-state index < -0.39 is 16.9 Å². The third kappa shape index (κ3) is 2.41. The molecule has 2 amide bonds. The van der Waals surface area contributed by atoms with E-state index in [4.69, 9.17) is 0 Å². The summed E-state index contributed by atoms with van der Waals surface area (Å²) < 4.78 is 13.7. The molecule has 6 rings (SSSR count). The van der Waals surface area contributed by atoms with Crippen LogP contribution in [0.1, 0.15) is 44.6 Å². The maximum absolute atomic E-state index is 13.7. The number of aliphatic carboxylic acids is 1. The molecule has 1 aromatic rings. The standard InChI is InChI=1S/C21H25FN2O3/c1-20(15-3-2-4-16(22)7-15)11-24(19(27)23-20)17-13-5-12-6-14(17)10-21(8-12,9-13)18(25)26/h2-4,7,12-14,17H,5-6,8-11H2,1H3,(H,23,27)(H,25,26)/t12?,13?,14?,17?,20-,21?/m1/s1. The second-order valence-electron chi connectivity index (χ2n) is 9.45. The lowest BCUT2D eigenvalue weighted by molar-refractivity contribution is -0.170. The number of rotatable bonds is 3. The van der Waals surface area contributed by atoms with Crippen molar-refractivity contribution in [1.29, 1.82) is 0 Å². The molecule has 5 fully saturated rings. The molecule has 27 heavy (non-hydrogen) atoms. The van der Waals surface area contributed by atoms with Crippen molar-refractivity contribution in [2.45, 2.75) is 50.6 Å². The third-order valence-corrected chi connectivity index (χ3v) is 7.63. The number of hydrogen-bond donors (Lipinski definition) is 2. The topological polar surface area (TPSA) is 69.6 Å². The van der Waals surface area contributed by atoms with E-state index >= 15 is 0 Å². The van der Waals surface area contributed by atoms with Crippen molar-refractivity contribution in [3.8, 4) is 0 Å². The molecule has 3 atom stereocenters. The Labute approximate surface area is 157 Å². The Balaban J connectivity index is 1.43. The third-order valence-electron chi connectivity index (χ3n) is 7.63. The Hall–Kier alpha value is -2.11. The fourth-order valence-corrected chi connectivity index (χ4v) is 6.76. The number of hydrogen-bond acceptors (Lipinski definition) is 2. The summed E-state index contributed by atoms with van der Waals surface area (Å²) in [6.45, 7) is 2.44.